The van der Waals surface area contributed by atoms with Crippen LogP contribution in [0.25, 0.3) is 0 Å². The molecular weight excluding hydrogens is 246 g/mol. The van der Waals surface area contributed by atoms with Crippen LogP contribution in [-0.4, -0.2) is 42.4 Å². The van der Waals surface area contributed by atoms with E-state index in [0.29, 0.717) is 5.82 Å². The lowest BCUT2D eigenvalue weighted by atomic mass is 9.92. The summed E-state index contributed by atoms with van der Waals surface area (Å²) in [7, 11) is 3.26. The maximum atomic E-state index is 11.9. The Morgan fingerprint density at radius 1 is 1.26 bits per heavy atom. The molecule has 1 aromatic rings. The lowest BCUT2D eigenvalue weighted by Gasteiger charge is -2.22. The molecule has 0 aliphatic carbocycles. The molecule has 1 aromatic heterocycles. The van der Waals surface area contributed by atoms with Gasteiger partial charge in [0.15, 0.2) is 0 Å². The Hall–Kier alpha value is -2.18. The first-order valence-electron chi connectivity index (χ1n) is 5.91. The Balaban J connectivity index is 2.67. The van der Waals surface area contributed by atoms with Crippen LogP contribution in [0.3, 0.4) is 0 Å². The summed E-state index contributed by atoms with van der Waals surface area (Å²) in [4.78, 5) is 31.5. The number of hydrogen-bond donors (Lipinski definition) is 3. The van der Waals surface area contributed by atoms with Gasteiger partial charge in [0.2, 0.25) is 5.91 Å². The highest BCUT2D eigenvalue weighted by atomic mass is 16.2. The van der Waals surface area contributed by atoms with Gasteiger partial charge in [-0.05, 0) is 13.8 Å². The van der Waals surface area contributed by atoms with Gasteiger partial charge in [0, 0.05) is 20.6 Å². The lowest BCUT2D eigenvalue weighted by Crippen LogP contribution is -2.43. The molecule has 0 aliphatic rings. The Morgan fingerprint density at radius 2 is 1.95 bits per heavy atom. The van der Waals surface area contributed by atoms with E-state index in [-0.39, 0.29) is 24.1 Å². The van der Waals surface area contributed by atoms with Gasteiger partial charge in [-0.3, -0.25) is 14.6 Å². The monoisotopic (exact) mass is 265 g/mol. The fraction of sp³-hybridized carbons (Fsp3) is 0.500. The third-order valence-electron chi connectivity index (χ3n) is 2.66. The smallest absolute Gasteiger partial charge is 0.271 e. The molecule has 0 aromatic carbocycles. The van der Waals surface area contributed by atoms with E-state index in [4.69, 9.17) is 0 Å². The summed E-state index contributed by atoms with van der Waals surface area (Å²) in [5.74, 6) is 0.0163. The summed E-state index contributed by atoms with van der Waals surface area (Å²) in [6.45, 7) is 3.72. The predicted octanol–water partition coefficient (Wildman–Crippen LogP) is 0.0203. The van der Waals surface area contributed by atoms with Gasteiger partial charge < -0.3 is 16.0 Å². The van der Waals surface area contributed by atoms with E-state index in [9.17, 15) is 9.59 Å². The summed E-state index contributed by atoms with van der Waals surface area (Å²) in [5.41, 5.74) is -0.474. The lowest BCUT2D eigenvalue weighted by molar-refractivity contribution is -0.128. The molecule has 0 spiro atoms. The number of rotatable bonds is 5. The molecule has 19 heavy (non-hydrogen) atoms. The molecule has 0 unspecified atom stereocenters. The molecule has 2 amide bonds. The molecule has 0 aliphatic heterocycles. The number of nitrogens with zero attached hydrogens (tertiary/aromatic N) is 2. The van der Waals surface area contributed by atoms with E-state index >= 15 is 0 Å². The van der Waals surface area contributed by atoms with Crippen molar-refractivity contribution in [2.24, 2.45) is 5.41 Å². The van der Waals surface area contributed by atoms with Crippen molar-refractivity contribution in [3.05, 3.63) is 18.1 Å². The highest BCUT2D eigenvalue weighted by Crippen LogP contribution is 2.13. The average Bonchev–Trinajstić information content (AvgIpc) is 2.43. The number of carbonyl (C=O) groups excluding carboxylic acids is 2. The summed E-state index contributed by atoms with van der Waals surface area (Å²) >= 11 is 0. The largest absolute Gasteiger partial charge is 0.372 e. The number of carbonyl (C=O) groups is 2. The van der Waals surface area contributed by atoms with Crippen LogP contribution < -0.4 is 16.0 Å². The molecule has 0 bridgehead atoms. The predicted molar refractivity (Wildman–Crippen MR) is 71.8 cm³/mol. The molecule has 3 N–H and O–H groups in total. The molecule has 0 saturated heterocycles. The number of amides is 2. The van der Waals surface area contributed by atoms with Crippen LogP contribution in [0.1, 0.15) is 24.3 Å². The van der Waals surface area contributed by atoms with Gasteiger partial charge in [-0.2, -0.15) is 0 Å². The molecule has 0 fully saturated rings. The van der Waals surface area contributed by atoms with E-state index in [1.54, 1.807) is 27.9 Å². The van der Waals surface area contributed by atoms with Gasteiger partial charge in [0.25, 0.3) is 5.91 Å². The van der Waals surface area contributed by atoms with Crippen LogP contribution in [0.2, 0.25) is 0 Å². The third-order valence-corrected chi connectivity index (χ3v) is 2.66. The van der Waals surface area contributed by atoms with E-state index in [1.807, 2.05) is 0 Å². The number of nitrogens with one attached hydrogen (secondary N) is 3. The summed E-state index contributed by atoms with van der Waals surface area (Å²) in [5, 5.41) is 8.04. The van der Waals surface area contributed by atoms with Crippen LogP contribution >= 0.6 is 0 Å². The molecule has 1 heterocycles. The van der Waals surface area contributed by atoms with Crippen LogP contribution in [0.5, 0.6) is 0 Å². The quantitative estimate of drug-likeness (QED) is 0.697. The number of anilines is 1. The van der Waals surface area contributed by atoms with Crippen molar-refractivity contribution in [2.45, 2.75) is 13.8 Å². The zero-order valence-corrected chi connectivity index (χ0v) is 11.6. The van der Waals surface area contributed by atoms with Gasteiger partial charge in [0.05, 0.1) is 17.8 Å². The van der Waals surface area contributed by atoms with Crippen LogP contribution in [0.4, 0.5) is 5.82 Å². The minimum Gasteiger partial charge on any atom is -0.372 e. The highest BCUT2D eigenvalue weighted by molar-refractivity contribution is 5.93. The standard InChI is InChI=1S/C12H19N5O2/c1-12(2,11(19)14-4)7-16-10(18)8-5-15-6-9(13-3)17-8/h5-6H,7H2,1-4H3,(H,13,17)(H,14,19)(H,16,18). The first-order chi connectivity index (χ1) is 8.90. The molecule has 7 nitrogen and oxygen atoms in total. The molecule has 0 radical (unpaired) electrons. The summed E-state index contributed by atoms with van der Waals surface area (Å²) in [6, 6.07) is 0. The fourth-order valence-electron chi connectivity index (χ4n) is 1.41. The minimum atomic E-state index is -0.682. The zero-order chi connectivity index (χ0) is 14.5. The first kappa shape index (κ1) is 14.9. The second-order valence-corrected chi connectivity index (χ2v) is 4.69. The van der Waals surface area contributed by atoms with E-state index < -0.39 is 5.41 Å². The molecular formula is C12H19N5O2. The van der Waals surface area contributed by atoms with Crippen LogP contribution in [0, 0.1) is 5.41 Å². The van der Waals surface area contributed by atoms with Crippen molar-refractivity contribution in [1.29, 1.82) is 0 Å². The first-order valence-corrected chi connectivity index (χ1v) is 5.91. The SMILES string of the molecule is CNC(=O)C(C)(C)CNC(=O)c1cncc(NC)n1. The second-order valence-electron chi connectivity index (χ2n) is 4.69. The molecule has 1 rings (SSSR count). The minimum absolute atomic E-state index is 0.136. The van der Waals surface area contributed by atoms with Gasteiger partial charge in [-0.25, -0.2) is 4.98 Å². The van der Waals surface area contributed by atoms with Crippen molar-refractivity contribution >= 4 is 17.6 Å². The zero-order valence-electron chi connectivity index (χ0n) is 11.6. The number of aromatic nitrogens is 2. The van der Waals surface area contributed by atoms with Crippen LogP contribution in [0.15, 0.2) is 12.4 Å². The molecule has 7 heteroatoms. The third kappa shape index (κ3) is 3.90. The maximum Gasteiger partial charge on any atom is 0.271 e. The van der Waals surface area contributed by atoms with Crippen LogP contribution in [-0.2, 0) is 4.79 Å². The van der Waals surface area contributed by atoms with Gasteiger partial charge in [-0.15, -0.1) is 0 Å². The van der Waals surface area contributed by atoms with Crippen molar-refractivity contribution in [3.63, 3.8) is 0 Å². The van der Waals surface area contributed by atoms with Crippen molar-refractivity contribution < 1.29 is 9.59 Å². The van der Waals surface area contributed by atoms with Crippen molar-refractivity contribution in [3.8, 4) is 0 Å². The van der Waals surface area contributed by atoms with E-state index in [0.717, 1.165) is 0 Å². The van der Waals surface area contributed by atoms with Gasteiger partial charge in [0.1, 0.15) is 11.5 Å². The maximum absolute atomic E-state index is 11.9. The Labute approximate surface area is 112 Å². The van der Waals surface area contributed by atoms with E-state index in [1.165, 1.54) is 12.4 Å². The van der Waals surface area contributed by atoms with Gasteiger partial charge >= 0.3 is 0 Å². The number of hydrogen-bond acceptors (Lipinski definition) is 5. The Kier molecular flexibility index (Phi) is 4.80. The van der Waals surface area contributed by atoms with Crippen molar-refractivity contribution in [2.75, 3.05) is 26.0 Å². The molecule has 0 atom stereocenters. The van der Waals surface area contributed by atoms with Gasteiger partial charge in [-0.1, -0.05) is 0 Å². The molecule has 0 saturated carbocycles. The fourth-order valence-corrected chi connectivity index (χ4v) is 1.41. The normalized spacial score (nSPS) is 10.7. The topological polar surface area (TPSA) is 96.0 Å². The second kappa shape index (κ2) is 6.12. The molecule has 104 valence electrons. The Bertz CT molecular complexity index is 473. The van der Waals surface area contributed by atoms with Crippen molar-refractivity contribution in [1.82, 2.24) is 20.6 Å². The summed E-state index contributed by atoms with van der Waals surface area (Å²) < 4.78 is 0. The Morgan fingerprint density at radius 3 is 2.53 bits per heavy atom. The summed E-state index contributed by atoms with van der Waals surface area (Å²) in [6.07, 6.45) is 2.90. The average molecular weight is 265 g/mol. The van der Waals surface area contributed by atoms with E-state index in [2.05, 4.69) is 25.9 Å². The highest BCUT2D eigenvalue weighted by Gasteiger charge is 2.27.